The van der Waals surface area contributed by atoms with Crippen molar-refractivity contribution < 1.29 is 20.4 Å². The maximum atomic E-state index is 10.5. The summed E-state index contributed by atoms with van der Waals surface area (Å²) in [5, 5.41) is 39.0. The first kappa shape index (κ1) is 15.7. The number of benzene rings is 2. The Hall–Kier alpha value is -1.72. The first-order valence-electron chi connectivity index (χ1n) is 6.90. The molecule has 0 radical (unpaired) electrons. The van der Waals surface area contributed by atoms with Crippen molar-refractivity contribution in [1.82, 2.24) is 0 Å². The zero-order valence-electron chi connectivity index (χ0n) is 11.6. The van der Waals surface area contributed by atoms with Crippen molar-refractivity contribution in [2.75, 3.05) is 6.61 Å². The quantitative estimate of drug-likeness (QED) is 0.636. The molecule has 0 saturated carbocycles. The van der Waals surface area contributed by atoms with Crippen molar-refractivity contribution in [2.45, 2.75) is 24.2 Å². The third-order valence-electron chi connectivity index (χ3n) is 3.59. The second kappa shape index (κ2) is 7.33. The van der Waals surface area contributed by atoms with Gasteiger partial charge < -0.3 is 20.4 Å². The van der Waals surface area contributed by atoms with Crippen LogP contribution in [0.25, 0.3) is 0 Å². The minimum atomic E-state index is -1.43. The summed E-state index contributed by atoms with van der Waals surface area (Å²) >= 11 is 0. The van der Waals surface area contributed by atoms with Crippen LogP contribution in [0.3, 0.4) is 0 Å². The van der Waals surface area contributed by atoms with Gasteiger partial charge in [0.2, 0.25) is 0 Å². The van der Waals surface area contributed by atoms with Gasteiger partial charge in [0.25, 0.3) is 0 Å². The normalized spacial score (nSPS) is 15.7. The Morgan fingerprint density at radius 2 is 1.10 bits per heavy atom. The van der Waals surface area contributed by atoms with Crippen LogP contribution >= 0.6 is 0 Å². The van der Waals surface area contributed by atoms with Crippen LogP contribution in [0.2, 0.25) is 0 Å². The Labute approximate surface area is 123 Å². The van der Waals surface area contributed by atoms with Crippen molar-refractivity contribution in [1.29, 1.82) is 0 Å². The molecule has 4 nitrogen and oxygen atoms in total. The minimum Gasteiger partial charge on any atom is -0.394 e. The molecule has 0 bridgehead atoms. The average Bonchev–Trinajstić information content (AvgIpc) is 2.55. The lowest BCUT2D eigenvalue weighted by atomic mass is 9.83. The van der Waals surface area contributed by atoms with Gasteiger partial charge in [-0.1, -0.05) is 60.7 Å². The van der Waals surface area contributed by atoms with Crippen LogP contribution in [0.4, 0.5) is 0 Å². The van der Waals surface area contributed by atoms with E-state index >= 15 is 0 Å². The highest BCUT2D eigenvalue weighted by atomic mass is 16.4. The summed E-state index contributed by atoms with van der Waals surface area (Å²) in [6.45, 7) is -0.603. The van der Waals surface area contributed by atoms with Gasteiger partial charge in [-0.05, 0) is 11.1 Å². The number of hydrogen-bond donors (Lipinski definition) is 4. The van der Waals surface area contributed by atoms with E-state index in [1.54, 1.807) is 0 Å². The predicted molar refractivity (Wildman–Crippen MR) is 79.8 cm³/mol. The van der Waals surface area contributed by atoms with Crippen molar-refractivity contribution >= 4 is 0 Å². The summed E-state index contributed by atoms with van der Waals surface area (Å²) in [7, 11) is 0. The largest absolute Gasteiger partial charge is 0.394 e. The minimum absolute atomic E-state index is 0.483. The molecule has 0 heterocycles. The van der Waals surface area contributed by atoms with E-state index in [2.05, 4.69) is 0 Å². The molecular weight excluding hydrogens is 268 g/mol. The van der Waals surface area contributed by atoms with Gasteiger partial charge in [-0.2, -0.15) is 0 Å². The van der Waals surface area contributed by atoms with Gasteiger partial charge in [0.1, 0.15) is 12.2 Å². The van der Waals surface area contributed by atoms with Gasteiger partial charge >= 0.3 is 0 Å². The third kappa shape index (κ3) is 3.68. The molecule has 0 aliphatic carbocycles. The highest BCUT2D eigenvalue weighted by molar-refractivity contribution is 5.34. The zero-order valence-corrected chi connectivity index (χ0v) is 11.6. The fraction of sp³-hybridized carbons (Fsp3) is 0.294. The molecular formula is C17H20O4. The fourth-order valence-corrected chi connectivity index (χ4v) is 2.44. The van der Waals surface area contributed by atoms with Gasteiger partial charge in [-0.3, -0.25) is 0 Å². The molecule has 112 valence electrons. The summed E-state index contributed by atoms with van der Waals surface area (Å²) in [6, 6.07) is 18.6. The lowest BCUT2D eigenvalue weighted by Gasteiger charge is -2.29. The Morgan fingerprint density at radius 3 is 1.48 bits per heavy atom. The molecule has 2 rings (SSSR count). The third-order valence-corrected chi connectivity index (χ3v) is 3.59. The van der Waals surface area contributed by atoms with Crippen LogP contribution in [0.1, 0.15) is 17.0 Å². The van der Waals surface area contributed by atoms with E-state index in [1.807, 2.05) is 60.7 Å². The molecule has 0 fully saturated rings. The SMILES string of the molecule is OCC(O)C(O)C(O)C(c1ccccc1)c1ccccc1. The Balaban J connectivity index is 2.37. The molecule has 2 aromatic carbocycles. The molecule has 0 aliphatic heterocycles. The van der Waals surface area contributed by atoms with Gasteiger partial charge in [0, 0.05) is 5.92 Å². The second-order valence-corrected chi connectivity index (χ2v) is 5.03. The van der Waals surface area contributed by atoms with Gasteiger partial charge in [0.15, 0.2) is 0 Å². The number of aliphatic hydroxyl groups is 4. The second-order valence-electron chi connectivity index (χ2n) is 5.03. The van der Waals surface area contributed by atoms with Crippen LogP contribution in [0, 0.1) is 0 Å². The molecule has 0 spiro atoms. The van der Waals surface area contributed by atoms with Crippen LogP contribution in [-0.2, 0) is 0 Å². The van der Waals surface area contributed by atoms with Gasteiger partial charge in [0.05, 0.1) is 12.7 Å². The summed E-state index contributed by atoms with van der Waals surface area (Å²) < 4.78 is 0. The maximum Gasteiger partial charge on any atom is 0.109 e. The number of aliphatic hydroxyl groups excluding tert-OH is 4. The van der Waals surface area contributed by atoms with Crippen LogP contribution < -0.4 is 0 Å². The first-order chi connectivity index (χ1) is 10.1. The molecule has 2 aromatic rings. The lowest BCUT2D eigenvalue weighted by molar-refractivity contribution is -0.0806. The molecule has 3 unspecified atom stereocenters. The highest BCUT2D eigenvalue weighted by Gasteiger charge is 2.32. The lowest BCUT2D eigenvalue weighted by Crippen LogP contribution is -2.43. The summed E-state index contributed by atoms with van der Waals surface area (Å²) in [6.07, 6.45) is -4.03. The zero-order chi connectivity index (χ0) is 15.2. The highest BCUT2D eigenvalue weighted by Crippen LogP contribution is 2.30. The monoisotopic (exact) mass is 288 g/mol. The Kier molecular flexibility index (Phi) is 5.47. The van der Waals surface area contributed by atoms with Crippen molar-refractivity contribution in [3.63, 3.8) is 0 Å². The topological polar surface area (TPSA) is 80.9 Å². The average molecular weight is 288 g/mol. The van der Waals surface area contributed by atoms with E-state index in [9.17, 15) is 15.3 Å². The van der Waals surface area contributed by atoms with Crippen molar-refractivity contribution in [2.24, 2.45) is 0 Å². The van der Waals surface area contributed by atoms with E-state index in [-0.39, 0.29) is 0 Å². The molecule has 0 aliphatic rings. The van der Waals surface area contributed by atoms with Crippen LogP contribution in [-0.4, -0.2) is 45.3 Å². The smallest absolute Gasteiger partial charge is 0.109 e. The Morgan fingerprint density at radius 1 is 0.667 bits per heavy atom. The molecule has 0 saturated heterocycles. The molecule has 4 heteroatoms. The molecule has 0 amide bonds. The van der Waals surface area contributed by atoms with Crippen molar-refractivity contribution in [3.8, 4) is 0 Å². The van der Waals surface area contributed by atoms with Crippen LogP contribution in [0.15, 0.2) is 60.7 Å². The number of hydrogen-bond acceptors (Lipinski definition) is 4. The standard InChI is InChI=1S/C17H20O4/c18-11-14(19)16(20)17(21)15(12-7-3-1-4-8-12)13-9-5-2-6-10-13/h1-10,14-21H,11H2. The van der Waals surface area contributed by atoms with Gasteiger partial charge in [-0.25, -0.2) is 0 Å². The van der Waals surface area contributed by atoms with E-state index in [1.165, 1.54) is 0 Å². The summed E-state index contributed by atoms with van der Waals surface area (Å²) in [5.74, 6) is -0.483. The van der Waals surface area contributed by atoms with Gasteiger partial charge in [-0.15, -0.1) is 0 Å². The number of rotatable bonds is 6. The fourth-order valence-electron chi connectivity index (χ4n) is 2.44. The molecule has 21 heavy (non-hydrogen) atoms. The molecule has 4 N–H and O–H groups in total. The van der Waals surface area contributed by atoms with E-state index in [4.69, 9.17) is 5.11 Å². The van der Waals surface area contributed by atoms with Crippen LogP contribution in [0.5, 0.6) is 0 Å². The molecule has 0 aromatic heterocycles. The predicted octanol–water partition coefficient (Wildman–Crippen LogP) is 0.893. The molecule has 3 atom stereocenters. The Bertz CT molecular complexity index is 490. The summed E-state index contributed by atoms with van der Waals surface area (Å²) in [5.41, 5.74) is 1.67. The van der Waals surface area contributed by atoms with Crippen molar-refractivity contribution in [3.05, 3.63) is 71.8 Å². The van der Waals surface area contributed by atoms with E-state index < -0.39 is 30.8 Å². The van der Waals surface area contributed by atoms with E-state index in [0.717, 1.165) is 11.1 Å². The maximum absolute atomic E-state index is 10.5. The van der Waals surface area contributed by atoms with E-state index in [0.29, 0.717) is 0 Å². The first-order valence-corrected chi connectivity index (χ1v) is 6.90. The summed E-state index contributed by atoms with van der Waals surface area (Å²) in [4.78, 5) is 0.